The molecule has 1 aliphatic rings. The number of carboxylic acid groups (broad SMARTS) is 1. The van der Waals surface area contributed by atoms with E-state index in [0.717, 1.165) is 22.3 Å². The monoisotopic (exact) mass is 477 g/mol. The molecule has 3 aromatic rings. The van der Waals surface area contributed by atoms with Crippen molar-refractivity contribution in [2.45, 2.75) is 38.3 Å². The van der Waals surface area contributed by atoms with Gasteiger partial charge in [0.05, 0.1) is 12.7 Å². The van der Waals surface area contributed by atoms with Crippen molar-refractivity contribution < 1.29 is 24.2 Å². The van der Waals surface area contributed by atoms with Crippen LogP contribution in [0.2, 0.25) is 0 Å². The Morgan fingerprint density at radius 2 is 1.71 bits per heavy atom. The number of benzene rings is 2. The molecule has 0 saturated carbocycles. The zero-order valence-corrected chi connectivity index (χ0v) is 19.5. The van der Waals surface area contributed by atoms with Gasteiger partial charge in [0.1, 0.15) is 12.1 Å². The van der Waals surface area contributed by atoms with Crippen LogP contribution in [0.15, 0.2) is 54.7 Å². The van der Waals surface area contributed by atoms with Crippen LogP contribution in [0, 0.1) is 0 Å². The van der Waals surface area contributed by atoms with Gasteiger partial charge in [0, 0.05) is 12.5 Å². The van der Waals surface area contributed by atoms with Crippen LogP contribution in [-0.2, 0) is 16.1 Å². The first-order valence-electron chi connectivity index (χ1n) is 11.4. The van der Waals surface area contributed by atoms with Crippen molar-refractivity contribution >= 4 is 18.0 Å². The lowest BCUT2D eigenvalue weighted by atomic mass is 9.98. The maximum absolute atomic E-state index is 12.3. The third kappa shape index (κ3) is 5.01. The average Bonchev–Trinajstić information content (AvgIpc) is 3.45. The topological polar surface area (TPSA) is 135 Å². The number of carbonyl (C=O) groups excluding carboxylic acids is 2. The highest BCUT2D eigenvalue weighted by molar-refractivity contribution is 5.96. The summed E-state index contributed by atoms with van der Waals surface area (Å²) in [5.74, 6) is -1.79. The molecule has 0 bridgehead atoms. The standard InChI is InChI=1S/C25H27N5O5/c1-3-25(2,23(32)33)27-22(31)21-14-30(29-28-21)13-12-26-24(34)35-15-20-18-10-6-4-8-16(18)17-9-5-7-11-19(17)20/h4-11,14,20H,3,12-13,15H2,1-2H3,(H,26,34)(H,27,31)(H,32,33). The smallest absolute Gasteiger partial charge is 0.407 e. The molecule has 0 aliphatic heterocycles. The molecule has 2 aromatic carbocycles. The number of ether oxygens (including phenoxy) is 1. The Morgan fingerprint density at radius 3 is 2.31 bits per heavy atom. The highest BCUT2D eigenvalue weighted by Crippen LogP contribution is 2.44. The van der Waals surface area contributed by atoms with E-state index >= 15 is 0 Å². The van der Waals surface area contributed by atoms with Crippen molar-refractivity contribution in [3.05, 3.63) is 71.5 Å². The van der Waals surface area contributed by atoms with Crippen LogP contribution in [0.25, 0.3) is 11.1 Å². The predicted octanol–water partition coefficient (Wildman–Crippen LogP) is 2.80. The minimum absolute atomic E-state index is 0.00735. The van der Waals surface area contributed by atoms with Gasteiger partial charge in [0.25, 0.3) is 5.91 Å². The fourth-order valence-electron chi connectivity index (χ4n) is 4.04. The maximum Gasteiger partial charge on any atom is 0.407 e. The van der Waals surface area contributed by atoms with Crippen molar-refractivity contribution in [3.63, 3.8) is 0 Å². The lowest BCUT2D eigenvalue weighted by Crippen LogP contribution is -2.51. The Kier molecular flexibility index (Phi) is 6.81. The molecule has 182 valence electrons. The zero-order chi connectivity index (χ0) is 25.0. The second-order valence-electron chi connectivity index (χ2n) is 8.56. The van der Waals surface area contributed by atoms with E-state index in [2.05, 4.69) is 45.2 Å². The van der Waals surface area contributed by atoms with Gasteiger partial charge in [0.2, 0.25) is 0 Å². The number of fused-ring (bicyclic) bond motifs is 3. The number of hydrogen-bond acceptors (Lipinski definition) is 6. The molecule has 1 aliphatic carbocycles. The van der Waals surface area contributed by atoms with Crippen LogP contribution in [0.3, 0.4) is 0 Å². The Labute approximate surface area is 202 Å². The number of carbonyl (C=O) groups is 3. The fourth-order valence-corrected chi connectivity index (χ4v) is 4.04. The summed E-state index contributed by atoms with van der Waals surface area (Å²) in [6.07, 6.45) is 1.06. The summed E-state index contributed by atoms with van der Waals surface area (Å²) in [7, 11) is 0. The van der Waals surface area contributed by atoms with Gasteiger partial charge in [-0.1, -0.05) is 60.7 Å². The molecule has 2 amide bonds. The number of aromatic nitrogens is 3. The molecule has 10 heteroatoms. The van der Waals surface area contributed by atoms with Crippen LogP contribution in [0.4, 0.5) is 4.79 Å². The van der Waals surface area contributed by atoms with E-state index in [1.807, 2.05) is 24.3 Å². The first-order chi connectivity index (χ1) is 16.8. The molecule has 0 spiro atoms. The van der Waals surface area contributed by atoms with Crippen LogP contribution in [0.1, 0.15) is 47.8 Å². The Hall–Kier alpha value is -4.21. The summed E-state index contributed by atoms with van der Waals surface area (Å²) in [5, 5.41) is 22.1. The highest BCUT2D eigenvalue weighted by atomic mass is 16.5. The number of alkyl carbamates (subject to hydrolysis) is 1. The molecule has 4 rings (SSSR count). The summed E-state index contributed by atoms with van der Waals surface area (Å²) >= 11 is 0. The van der Waals surface area contributed by atoms with Gasteiger partial charge in [0.15, 0.2) is 5.69 Å². The molecule has 0 radical (unpaired) electrons. The van der Waals surface area contributed by atoms with Gasteiger partial charge in [-0.25, -0.2) is 14.3 Å². The van der Waals surface area contributed by atoms with E-state index in [-0.39, 0.29) is 37.7 Å². The lowest BCUT2D eigenvalue weighted by Gasteiger charge is -2.23. The zero-order valence-electron chi connectivity index (χ0n) is 19.5. The molecule has 35 heavy (non-hydrogen) atoms. The molecule has 0 saturated heterocycles. The Balaban J connectivity index is 1.27. The van der Waals surface area contributed by atoms with Crippen LogP contribution >= 0.6 is 0 Å². The van der Waals surface area contributed by atoms with Gasteiger partial charge < -0.3 is 20.5 Å². The van der Waals surface area contributed by atoms with E-state index in [4.69, 9.17) is 4.74 Å². The quantitative estimate of drug-likeness (QED) is 0.431. The van der Waals surface area contributed by atoms with E-state index in [0.29, 0.717) is 0 Å². The molecule has 1 aromatic heterocycles. The van der Waals surface area contributed by atoms with Gasteiger partial charge in [-0.2, -0.15) is 0 Å². The Morgan fingerprint density at radius 1 is 1.09 bits per heavy atom. The average molecular weight is 478 g/mol. The molecule has 3 N–H and O–H groups in total. The van der Waals surface area contributed by atoms with Crippen molar-refractivity contribution in [1.82, 2.24) is 25.6 Å². The Bertz CT molecular complexity index is 1210. The van der Waals surface area contributed by atoms with Gasteiger partial charge in [-0.15, -0.1) is 5.10 Å². The number of carboxylic acids is 1. The normalized spacial score (nSPS) is 13.9. The van der Waals surface area contributed by atoms with Crippen LogP contribution in [0.5, 0.6) is 0 Å². The summed E-state index contributed by atoms with van der Waals surface area (Å²) in [6.45, 7) is 3.78. The van der Waals surface area contributed by atoms with Crippen molar-refractivity contribution in [1.29, 1.82) is 0 Å². The van der Waals surface area contributed by atoms with Crippen LogP contribution < -0.4 is 10.6 Å². The van der Waals surface area contributed by atoms with E-state index in [1.54, 1.807) is 6.92 Å². The first-order valence-corrected chi connectivity index (χ1v) is 11.4. The fraction of sp³-hybridized carbons (Fsp3) is 0.320. The second-order valence-corrected chi connectivity index (χ2v) is 8.56. The number of nitrogens with zero attached hydrogens (tertiary/aromatic N) is 3. The van der Waals surface area contributed by atoms with Crippen LogP contribution in [-0.4, -0.2) is 56.8 Å². The minimum atomic E-state index is -1.40. The number of amides is 2. The summed E-state index contributed by atoms with van der Waals surface area (Å²) in [5.41, 5.74) is 3.18. The molecular weight excluding hydrogens is 450 g/mol. The third-order valence-electron chi connectivity index (χ3n) is 6.29. The lowest BCUT2D eigenvalue weighted by molar-refractivity contribution is -0.143. The van der Waals surface area contributed by atoms with Gasteiger partial charge in [-0.05, 0) is 35.6 Å². The molecule has 0 fully saturated rings. The summed E-state index contributed by atoms with van der Waals surface area (Å²) in [6, 6.07) is 16.2. The minimum Gasteiger partial charge on any atom is -0.480 e. The molecule has 1 unspecified atom stereocenters. The van der Waals surface area contributed by atoms with E-state index in [9.17, 15) is 19.5 Å². The largest absolute Gasteiger partial charge is 0.480 e. The van der Waals surface area contributed by atoms with Gasteiger partial charge >= 0.3 is 12.1 Å². The van der Waals surface area contributed by atoms with Crippen molar-refractivity contribution in [3.8, 4) is 11.1 Å². The number of rotatable bonds is 9. The van der Waals surface area contributed by atoms with E-state index < -0.39 is 23.5 Å². The third-order valence-corrected chi connectivity index (χ3v) is 6.29. The number of hydrogen-bond donors (Lipinski definition) is 3. The van der Waals surface area contributed by atoms with Gasteiger partial charge in [-0.3, -0.25) is 4.79 Å². The predicted molar refractivity (Wildman–Crippen MR) is 127 cm³/mol. The summed E-state index contributed by atoms with van der Waals surface area (Å²) < 4.78 is 6.89. The van der Waals surface area contributed by atoms with E-state index in [1.165, 1.54) is 17.8 Å². The number of aliphatic carboxylic acids is 1. The SMILES string of the molecule is CCC(C)(NC(=O)c1cn(CCNC(=O)OCC2c3ccccc3-c3ccccc32)nn1)C(=O)O. The highest BCUT2D eigenvalue weighted by Gasteiger charge is 2.34. The molecule has 10 nitrogen and oxygen atoms in total. The van der Waals surface area contributed by atoms with Crippen molar-refractivity contribution in [2.24, 2.45) is 0 Å². The first kappa shape index (κ1) is 23.9. The second kappa shape index (κ2) is 9.96. The summed E-state index contributed by atoms with van der Waals surface area (Å²) in [4.78, 5) is 36.0. The molecule has 1 heterocycles. The van der Waals surface area contributed by atoms with Crippen molar-refractivity contribution in [2.75, 3.05) is 13.2 Å². The molecular formula is C25H27N5O5. The number of nitrogens with one attached hydrogen (secondary N) is 2. The molecule has 1 atom stereocenters. The maximum atomic E-state index is 12.3.